The standard InChI is InChI=1S/C12H16BrFN2/c1-9(16-4-2-15-3-5-16)10-6-11(13)8-12(14)7-10/h6-9,15H,2-5H2,1H3/t9-/m1/s1. The van der Waals surface area contributed by atoms with Gasteiger partial charge in [-0.05, 0) is 30.7 Å². The van der Waals surface area contributed by atoms with Gasteiger partial charge >= 0.3 is 0 Å². The van der Waals surface area contributed by atoms with E-state index in [1.54, 1.807) is 6.07 Å². The molecule has 1 N–H and O–H groups in total. The number of nitrogens with one attached hydrogen (secondary N) is 1. The van der Waals surface area contributed by atoms with Gasteiger partial charge in [0, 0.05) is 36.7 Å². The fraction of sp³-hybridized carbons (Fsp3) is 0.500. The van der Waals surface area contributed by atoms with E-state index in [-0.39, 0.29) is 11.9 Å². The van der Waals surface area contributed by atoms with Crippen molar-refractivity contribution in [2.75, 3.05) is 26.2 Å². The van der Waals surface area contributed by atoms with Crippen LogP contribution in [-0.2, 0) is 0 Å². The van der Waals surface area contributed by atoms with Crippen molar-refractivity contribution in [2.24, 2.45) is 0 Å². The van der Waals surface area contributed by atoms with Gasteiger partial charge in [-0.25, -0.2) is 4.39 Å². The molecule has 0 bridgehead atoms. The van der Waals surface area contributed by atoms with Gasteiger partial charge in [0.1, 0.15) is 5.82 Å². The topological polar surface area (TPSA) is 15.3 Å². The first kappa shape index (κ1) is 12.0. The first-order chi connectivity index (χ1) is 7.66. The summed E-state index contributed by atoms with van der Waals surface area (Å²) in [7, 11) is 0. The lowest BCUT2D eigenvalue weighted by Crippen LogP contribution is -2.44. The molecule has 0 unspecified atom stereocenters. The van der Waals surface area contributed by atoms with Crippen LogP contribution >= 0.6 is 15.9 Å². The minimum absolute atomic E-state index is 0.175. The summed E-state index contributed by atoms with van der Waals surface area (Å²) in [6.07, 6.45) is 0. The molecule has 0 radical (unpaired) electrons. The lowest BCUT2D eigenvalue weighted by molar-refractivity contribution is 0.185. The molecule has 1 saturated heterocycles. The largest absolute Gasteiger partial charge is 0.314 e. The van der Waals surface area contributed by atoms with E-state index in [9.17, 15) is 4.39 Å². The molecule has 2 rings (SSSR count). The van der Waals surface area contributed by atoms with Crippen molar-refractivity contribution in [3.63, 3.8) is 0 Å². The Morgan fingerprint density at radius 2 is 2.00 bits per heavy atom. The van der Waals surface area contributed by atoms with Crippen molar-refractivity contribution < 1.29 is 4.39 Å². The second-order valence-corrected chi connectivity index (χ2v) is 5.08. The second-order valence-electron chi connectivity index (χ2n) is 4.16. The molecular weight excluding hydrogens is 271 g/mol. The number of benzene rings is 1. The summed E-state index contributed by atoms with van der Waals surface area (Å²) in [5.41, 5.74) is 1.04. The highest BCUT2D eigenvalue weighted by atomic mass is 79.9. The lowest BCUT2D eigenvalue weighted by atomic mass is 10.1. The van der Waals surface area contributed by atoms with Crippen LogP contribution in [-0.4, -0.2) is 31.1 Å². The predicted molar refractivity (Wildman–Crippen MR) is 67.0 cm³/mol. The van der Waals surface area contributed by atoms with Gasteiger partial charge in [0.05, 0.1) is 0 Å². The Labute approximate surface area is 104 Å². The molecule has 1 fully saturated rings. The van der Waals surface area contributed by atoms with E-state index in [0.717, 1.165) is 36.2 Å². The molecule has 0 aliphatic carbocycles. The zero-order chi connectivity index (χ0) is 11.5. The van der Waals surface area contributed by atoms with Crippen LogP contribution in [0.1, 0.15) is 18.5 Å². The maximum atomic E-state index is 13.3. The Morgan fingerprint density at radius 3 is 2.62 bits per heavy atom. The molecule has 16 heavy (non-hydrogen) atoms. The van der Waals surface area contributed by atoms with Crippen LogP contribution in [0.3, 0.4) is 0 Å². The van der Waals surface area contributed by atoms with Crippen LogP contribution in [0.4, 0.5) is 4.39 Å². The first-order valence-corrected chi connectivity index (χ1v) is 6.37. The van der Waals surface area contributed by atoms with Gasteiger partial charge < -0.3 is 5.32 Å². The molecule has 1 aliphatic heterocycles. The van der Waals surface area contributed by atoms with Crippen LogP contribution in [0, 0.1) is 5.82 Å². The average Bonchev–Trinajstić information content (AvgIpc) is 2.28. The number of piperazine rings is 1. The molecule has 4 heteroatoms. The van der Waals surface area contributed by atoms with Crippen molar-refractivity contribution in [1.29, 1.82) is 0 Å². The molecule has 0 saturated carbocycles. The number of nitrogens with zero attached hydrogens (tertiary/aromatic N) is 1. The second kappa shape index (κ2) is 5.25. The molecule has 88 valence electrons. The molecule has 2 nitrogen and oxygen atoms in total. The van der Waals surface area contributed by atoms with Crippen LogP contribution in [0.5, 0.6) is 0 Å². The average molecular weight is 287 g/mol. The molecule has 1 heterocycles. The Morgan fingerprint density at radius 1 is 1.31 bits per heavy atom. The summed E-state index contributed by atoms with van der Waals surface area (Å²) in [5, 5.41) is 3.32. The molecule has 0 amide bonds. The predicted octanol–water partition coefficient (Wildman–Crippen LogP) is 2.55. The van der Waals surface area contributed by atoms with Gasteiger partial charge in [-0.1, -0.05) is 15.9 Å². The normalized spacial score (nSPS) is 19.7. The smallest absolute Gasteiger partial charge is 0.124 e. The van der Waals surface area contributed by atoms with Crippen molar-refractivity contribution in [2.45, 2.75) is 13.0 Å². The third-order valence-electron chi connectivity index (χ3n) is 3.07. The number of hydrogen-bond donors (Lipinski definition) is 1. The minimum Gasteiger partial charge on any atom is -0.314 e. The van der Waals surface area contributed by atoms with Crippen LogP contribution in [0.2, 0.25) is 0 Å². The van der Waals surface area contributed by atoms with E-state index in [4.69, 9.17) is 0 Å². The van der Waals surface area contributed by atoms with Crippen LogP contribution < -0.4 is 5.32 Å². The summed E-state index contributed by atoms with van der Waals surface area (Å²) in [6.45, 7) is 6.21. The number of rotatable bonds is 2. The maximum Gasteiger partial charge on any atom is 0.124 e. The Hall–Kier alpha value is -0.450. The van der Waals surface area contributed by atoms with Crippen molar-refractivity contribution in [1.82, 2.24) is 10.2 Å². The highest BCUT2D eigenvalue weighted by Crippen LogP contribution is 2.24. The summed E-state index contributed by atoms with van der Waals surface area (Å²) >= 11 is 3.33. The minimum atomic E-state index is -0.175. The summed E-state index contributed by atoms with van der Waals surface area (Å²) in [5.74, 6) is -0.175. The van der Waals surface area contributed by atoms with E-state index >= 15 is 0 Å². The monoisotopic (exact) mass is 286 g/mol. The van der Waals surface area contributed by atoms with Crippen molar-refractivity contribution in [3.8, 4) is 0 Å². The quantitative estimate of drug-likeness (QED) is 0.899. The zero-order valence-corrected chi connectivity index (χ0v) is 10.9. The van der Waals surface area contributed by atoms with E-state index in [1.807, 2.05) is 6.07 Å². The highest BCUT2D eigenvalue weighted by molar-refractivity contribution is 9.10. The fourth-order valence-electron chi connectivity index (χ4n) is 2.10. The van der Waals surface area contributed by atoms with E-state index in [1.165, 1.54) is 6.07 Å². The number of halogens is 2. The summed E-state index contributed by atoms with van der Waals surface area (Å²) in [4.78, 5) is 2.37. The van der Waals surface area contributed by atoms with Crippen molar-refractivity contribution in [3.05, 3.63) is 34.1 Å². The van der Waals surface area contributed by atoms with Crippen LogP contribution in [0.25, 0.3) is 0 Å². The SMILES string of the molecule is C[C@H](c1cc(F)cc(Br)c1)N1CCNCC1. The third-order valence-corrected chi connectivity index (χ3v) is 3.52. The van der Waals surface area contributed by atoms with Crippen LogP contribution in [0.15, 0.2) is 22.7 Å². The first-order valence-electron chi connectivity index (χ1n) is 5.57. The molecule has 0 spiro atoms. The van der Waals surface area contributed by atoms with Crippen molar-refractivity contribution >= 4 is 15.9 Å². The molecule has 1 aromatic rings. The van der Waals surface area contributed by atoms with E-state index in [2.05, 4.69) is 33.1 Å². The Kier molecular flexibility index (Phi) is 3.95. The zero-order valence-electron chi connectivity index (χ0n) is 9.34. The van der Waals surface area contributed by atoms with Gasteiger partial charge in [-0.15, -0.1) is 0 Å². The molecule has 1 aromatic carbocycles. The molecule has 1 aliphatic rings. The third kappa shape index (κ3) is 2.81. The van der Waals surface area contributed by atoms with E-state index < -0.39 is 0 Å². The molecular formula is C12H16BrFN2. The van der Waals surface area contributed by atoms with Gasteiger partial charge in [-0.3, -0.25) is 4.90 Å². The summed E-state index contributed by atoms with van der Waals surface area (Å²) < 4.78 is 14.1. The highest BCUT2D eigenvalue weighted by Gasteiger charge is 2.18. The molecule has 0 aromatic heterocycles. The van der Waals surface area contributed by atoms with E-state index in [0.29, 0.717) is 0 Å². The maximum absolute atomic E-state index is 13.3. The molecule has 1 atom stereocenters. The Balaban J connectivity index is 2.15. The number of hydrogen-bond acceptors (Lipinski definition) is 2. The van der Waals surface area contributed by atoms with Gasteiger partial charge in [0.25, 0.3) is 0 Å². The Bertz CT molecular complexity index is 344. The van der Waals surface area contributed by atoms with Gasteiger partial charge in [0.15, 0.2) is 0 Å². The van der Waals surface area contributed by atoms with Gasteiger partial charge in [-0.2, -0.15) is 0 Å². The summed E-state index contributed by atoms with van der Waals surface area (Å²) in [6, 6.07) is 5.38. The fourth-order valence-corrected chi connectivity index (χ4v) is 2.58. The lowest BCUT2D eigenvalue weighted by Gasteiger charge is -2.33. The van der Waals surface area contributed by atoms with Gasteiger partial charge in [0.2, 0.25) is 0 Å².